The van der Waals surface area contributed by atoms with Gasteiger partial charge in [-0.1, -0.05) is 29.4 Å². The van der Waals surface area contributed by atoms with E-state index in [-0.39, 0.29) is 11.7 Å². The van der Waals surface area contributed by atoms with Crippen molar-refractivity contribution < 1.29 is 4.79 Å². The maximum absolute atomic E-state index is 12.4. The van der Waals surface area contributed by atoms with Crippen molar-refractivity contribution in [2.75, 3.05) is 17.7 Å². The fourth-order valence-electron chi connectivity index (χ4n) is 2.10. The average Bonchev–Trinajstić information content (AvgIpc) is 2.67. The molecular formula is C18H15ClN4OS. The number of pyridine rings is 1. The summed E-state index contributed by atoms with van der Waals surface area (Å²) < 4.78 is 0. The highest BCUT2D eigenvalue weighted by atomic mass is 35.5. The third kappa shape index (κ3) is 4.55. The molecule has 0 atom stereocenters. The first-order chi connectivity index (χ1) is 12.1. The van der Waals surface area contributed by atoms with Gasteiger partial charge in [-0.05, 0) is 42.5 Å². The SMILES string of the molecule is CN(C(=O)CSc1nccc(-c2ccccn2)n1)c1ccc(Cl)cc1. The molecular weight excluding hydrogens is 356 g/mol. The Hall–Kier alpha value is -2.44. The van der Waals surface area contributed by atoms with Crippen molar-refractivity contribution >= 4 is 35.0 Å². The van der Waals surface area contributed by atoms with Crippen molar-refractivity contribution in [1.29, 1.82) is 0 Å². The number of carbonyl (C=O) groups is 1. The van der Waals surface area contributed by atoms with Gasteiger partial charge in [0.1, 0.15) is 0 Å². The van der Waals surface area contributed by atoms with Gasteiger partial charge in [0, 0.05) is 30.2 Å². The predicted molar refractivity (Wildman–Crippen MR) is 101 cm³/mol. The van der Waals surface area contributed by atoms with Crippen LogP contribution in [0.3, 0.4) is 0 Å². The van der Waals surface area contributed by atoms with Gasteiger partial charge in [0.05, 0.1) is 17.1 Å². The Labute approximate surface area is 155 Å². The molecule has 3 aromatic rings. The summed E-state index contributed by atoms with van der Waals surface area (Å²) in [6.07, 6.45) is 3.39. The third-order valence-electron chi connectivity index (χ3n) is 3.47. The van der Waals surface area contributed by atoms with Crippen LogP contribution >= 0.6 is 23.4 Å². The van der Waals surface area contributed by atoms with E-state index in [0.717, 1.165) is 17.1 Å². The van der Waals surface area contributed by atoms with E-state index >= 15 is 0 Å². The first-order valence-electron chi connectivity index (χ1n) is 7.53. The van der Waals surface area contributed by atoms with Gasteiger partial charge in [-0.3, -0.25) is 9.78 Å². The molecule has 0 unspecified atom stereocenters. The third-order valence-corrected chi connectivity index (χ3v) is 4.57. The summed E-state index contributed by atoms with van der Waals surface area (Å²) in [5.74, 6) is 0.198. The number of benzene rings is 1. The molecule has 25 heavy (non-hydrogen) atoms. The maximum Gasteiger partial charge on any atom is 0.237 e. The van der Waals surface area contributed by atoms with Gasteiger partial charge in [-0.25, -0.2) is 9.97 Å². The molecule has 0 fully saturated rings. The van der Waals surface area contributed by atoms with Gasteiger partial charge >= 0.3 is 0 Å². The number of rotatable bonds is 5. The smallest absolute Gasteiger partial charge is 0.237 e. The number of anilines is 1. The predicted octanol–water partition coefficient (Wildman–Crippen LogP) is 3.95. The quantitative estimate of drug-likeness (QED) is 0.502. The minimum Gasteiger partial charge on any atom is -0.315 e. The molecule has 2 heterocycles. The number of hydrogen-bond acceptors (Lipinski definition) is 5. The van der Waals surface area contributed by atoms with E-state index in [1.54, 1.807) is 42.5 Å². The molecule has 7 heteroatoms. The molecule has 2 aromatic heterocycles. The van der Waals surface area contributed by atoms with Crippen LogP contribution in [-0.2, 0) is 4.79 Å². The summed E-state index contributed by atoms with van der Waals surface area (Å²) in [6, 6.07) is 14.6. The van der Waals surface area contributed by atoms with Crippen molar-refractivity contribution in [3.63, 3.8) is 0 Å². The molecule has 3 rings (SSSR count). The van der Waals surface area contributed by atoms with Crippen LogP contribution in [0, 0.1) is 0 Å². The fraction of sp³-hybridized carbons (Fsp3) is 0.111. The molecule has 0 aliphatic heterocycles. The van der Waals surface area contributed by atoms with Crippen LogP contribution < -0.4 is 4.90 Å². The van der Waals surface area contributed by atoms with E-state index in [4.69, 9.17) is 11.6 Å². The zero-order valence-electron chi connectivity index (χ0n) is 13.5. The Kier molecular flexibility index (Phi) is 5.63. The summed E-state index contributed by atoms with van der Waals surface area (Å²) in [6.45, 7) is 0. The van der Waals surface area contributed by atoms with Crippen LogP contribution in [0.2, 0.25) is 5.02 Å². The highest BCUT2D eigenvalue weighted by Gasteiger charge is 2.13. The zero-order chi connectivity index (χ0) is 17.6. The topological polar surface area (TPSA) is 59.0 Å². The van der Waals surface area contributed by atoms with Crippen LogP contribution in [0.4, 0.5) is 5.69 Å². The lowest BCUT2D eigenvalue weighted by Crippen LogP contribution is -2.27. The minimum absolute atomic E-state index is 0.0424. The van der Waals surface area contributed by atoms with Gasteiger partial charge in [0.2, 0.25) is 5.91 Å². The number of carbonyl (C=O) groups excluding carboxylic acids is 1. The van der Waals surface area contributed by atoms with Crippen molar-refractivity contribution in [2.24, 2.45) is 0 Å². The number of aromatic nitrogens is 3. The van der Waals surface area contributed by atoms with Gasteiger partial charge < -0.3 is 4.90 Å². The van der Waals surface area contributed by atoms with E-state index in [1.807, 2.05) is 30.3 Å². The molecule has 0 N–H and O–H groups in total. The maximum atomic E-state index is 12.4. The van der Waals surface area contributed by atoms with Gasteiger partial charge in [-0.15, -0.1) is 0 Å². The Morgan fingerprint density at radius 1 is 1.04 bits per heavy atom. The van der Waals surface area contributed by atoms with Gasteiger partial charge in [-0.2, -0.15) is 0 Å². The monoisotopic (exact) mass is 370 g/mol. The summed E-state index contributed by atoms with van der Waals surface area (Å²) >= 11 is 7.17. The first-order valence-corrected chi connectivity index (χ1v) is 8.89. The van der Waals surface area contributed by atoms with E-state index in [9.17, 15) is 4.79 Å². The Morgan fingerprint density at radius 2 is 1.84 bits per heavy atom. The van der Waals surface area contributed by atoms with Crippen molar-refractivity contribution in [1.82, 2.24) is 15.0 Å². The largest absolute Gasteiger partial charge is 0.315 e. The van der Waals surface area contributed by atoms with Crippen LogP contribution in [0.5, 0.6) is 0 Å². The van der Waals surface area contributed by atoms with E-state index in [0.29, 0.717) is 10.2 Å². The Morgan fingerprint density at radius 3 is 2.56 bits per heavy atom. The second-order valence-corrected chi connectivity index (χ2v) is 6.54. The summed E-state index contributed by atoms with van der Waals surface area (Å²) in [5, 5.41) is 1.18. The average molecular weight is 371 g/mol. The highest BCUT2D eigenvalue weighted by molar-refractivity contribution is 7.99. The van der Waals surface area contributed by atoms with Crippen LogP contribution in [0.15, 0.2) is 66.1 Å². The molecule has 0 radical (unpaired) electrons. The molecule has 0 bridgehead atoms. The van der Waals surface area contributed by atoms with Gasteiger partial charge in [0.15, 0.2) is 5.16 Å². The first kappa shape index (κ1) is 17.4. The molecule has 1 aromatic carbocycles. The minimum atomic E-state index is -0.0424. The Bertz CT molecular complexity index is 858. The van der Waals surface area contributed by atoms with Crippen molar-refractivity contribution in [3.8, 4) is 11.4 Å². The second-order valence-electron chi connectivity index (χ2n) is 5.16. The van der Waals surface area contributed by atoms with Crippen molar-refractivity contribution in [2.45, 2.75) is 5.16 Å². The molecule has 0 aliphatic carbocycles. The molecule has 0 spiro atoms. The molecule has 126 valence electrons. The molecule has 1 amide bonds. The highest BCUT2D eigenvalue weighted by Crippen LogP contribution is 2.21. The number of nitrogens with zero attached hydrogens (tertiary/aromatic N) is 4. The molecule has 0 saturated carbocycles. The zero-order valence-corrected chi connectivity index (χ0v) is 15.0. The van der Waals surface area contributed by atoms with Crippen molar-refractivity contribution in [3.05, 3.63) is 65.9 Å². The second kappa shape index (κ2) is 8.09. The van der Waals surface area contributed by atoms with Crippen LogP contribution in [0.1, 0.15) is 0 Å². The van der Waals surface area contributed by atoms with Gasteiger partial charge in [0.25, 0.3) is 0 Å². The molecule has 0 saturated heterocycles. The van der Waals surface area contributed by atoms with Crippen LogP contribution in [0.25, 0.3) is 11.4 Å². The number of hydrogen-bond donors (Lipinski definition) is 0. The lowest BCUT2D eigenvalue weighted by atomic mass is 10.3. The lowest BCUT2D eigenvalue weighted by molar-refractivity contribution is -0.115. The number of thioether (sulfide) groups is 1. The normalized spacial score (nSPS) is 10.5. The van der Waals surface area contributed by atoms with E-state index in [1.165, 1.54) is 11.8 Å². The number of halogens is 1. The molecule has 0 aliphatic rings. The standard InChI is InChI=1S/C18H15ClN4OS/c1-23(14-7-5-13(19)6-8-14)17(24)12-25-18-21-11-9-16(22-18)15-4-2-3-10-20-15/h2-11H,12H2,1H3. The van der Waals surface area contributed by atoms with E-state index in [2.05, 4.69) is 15.0 Å². The summed E-state index contributed by atoms with van der Waals surface area (Å²) in [7, 11) is 1.73. The summed E-state index contributed by atoms with van der Waals surface area (Å²) in [4.78, 5) is 26.9. The Balaban J connectivity index is 1.65. The molecule has 5 nitrogen and oxygen atoms in total. The van der Waals surface area contributed by atoms with E-state index < -0.39 is 0 Å². The lowest BCUT2D eigenvalue weighted by Gasteiger charge is -2.16. The van der Waals surface area contributed by atoms with Crippen LogP contribution in [-0.4, -0.2) is 33.7 Å². The fourth-order valence-corrected chi connectivity index (χ4v) is 2.97. The summed E-state index contributed by atoms with van der Waals surface area (Å²) in [5.41, 5.74) is 2.30. The number of amides is 1.